The number of nitrogens with two attached hydrogens (primary N) is 1. The minimum Gasteiger partial charge on any atom is -0.389 e. The van der Waals surface area contributed by atoms with Crippen LogP contribution in [0.4, 0.5) is 5.69 Å². The minimum atomic E-state index is 0.133. The lowest BCUT2D eigenvalue weighted by Gasteiger charge is -2.24. The average molecular weight is 312 g/mol. The summed E-state index contributed by atoms with van der Waals surface area (Å²) in [5.74, 6) is 0.133. The SMILES string of the molecule is CC(=O)N1CCCN(c2ccc(C(N)=S)c(Cl)c2)CC1. The first-order chi connectivity index (χ1) is 9.49. The number of halogens is 1. The van der Waals surface area contributed by atoms with Crippen LogP contribution >= 0.6 is 23.8 Å². The summed E-state index contributed by atoms with van der Waals surface area (Å²) in [4.78, 5) is 15.8. The van der Waals surface area contributed by atoms with Gasteiger partial charge in [0, 0.05) is 44.4 Å². The van der Waals surface area contributed by atoms with Crippen molar-refractivity contribution in [3.63, 3.8) is 0 Å². The van der Waals surface area contributed by atoms with Crippen molar-refractivity contribution in [3.8, 4) is 0 Å². The van der Waals surface area contributed by atoms with E-state index < -0.39 is 0 Å². The zero-order valence-corrected chi connectivity index (χ0v) is 13.0. The standard InChI is InChI=1S/C14H18ClN3OS/c1-10(19)17-5-2-6-18(8-7-17)11-3-4-12(14(16)20)13(15)9-11/h3-4,9H,2,5-8H2,1H3,(H2,16,20). The lowest BCUT2D eigenvalue weighted by Crippen LogP contribution is -2.33. The molecule has 1 saturated heterocycles. The largest absolute Gasteiger partial charge is 0.389 e. The molecule has 6 heteroatoms. The number of thiocarbonyl (C=S) groups is 1. The van der Waals surface area contributed by atoms with Gasteiger partial charge in [-0.15, -0.1) is 0 Å². The number of hydrogen-bond acceptors (Lipinski definition) is 3. The molecule has 1 aromatic carbocycles. The Morgan fingerprint density at radius 2 is 2.05 bits per heavy atom. The molecule has 0 atom stereocenters. The lowest BCUT2D eigenvalue weighted by atomic mass is 10.2. The molecule has 20 heavy (non-hydrogen) atoms. The molecule has 108 valence electrons. The Morgan fingerprint density at radius 1 is 1.30 bits per heavy atom. The number of benzene rings is 1. The summed E-state index contributed by atoms with van der Waals surface area (Å²) in [6, 6.07) is 5.72. The zero-order valence-electron chi connectivity index (χ0n) is 11.4. The summed E-state index contributed by atoms with van der Waals surface area (Å²) >= 11 is 11.2. The number of rotatable bonds is 2. The van der Waals surface area contributed by atoms with E-state index in [9.17, 15) is 4.79 Å². The molecule has 0 aliphatic carbocycles. The second kappa shape index (κ2) is 6.41. The fourth-order valence-electron chi connectivity index (χ4n) is 2.39. The van der Waals surface area contributed by atoms with Gasteiger partial charge in [0.15, 0.2) is 0 Å². The van der Waals surface area contributed by atoms with Gasteiger partial charge < -0.3 is 15.5 Å². The van der Waals surface area contributed by atoms with Gasteiger partial charge in [-0.05, 0) is 24.6 Å². The van der Waals surface area contributed by atoms with Gasteiger partial charge in [0.05, 0.1) is 5.02 Å². The second-order valence-corrected chi connectivity index (χ2v) is 5.72. The van der Waals surface area contributed by atoms with Crippen LogP contribution in [0.15, 0.2) is 18.2 Å². The van der Waals surface area contributed by atoms with Crippen molar-refractivity contribution in [2.24, 2.45) is 5.73 Å². The quantitative estimate of drug-likeness (QED) is 0.849. The molecule has 2 rings (SSSR count). The van der Waals surface area contributed by atoms with E-state index in [1.165, 1.54) is 0 Å². The summed E-state index contributed by atoms with van der Waals surface area (Å²) in [5.41, 5.74) is 7.35. The highest BCUT2D eigenvalue weighted by Crippen LogP contribution is 2.24. The molecule has 1 aliphatic heterocycles. The zero-order chi connectivity index (χ0) is 14.7. The van der Waals surface area contributed by atoms with Gasteiger partial charge in [-0.1, -0.05) is 23.8 Å². The third kappa shape index (κ3) is 3.41. The topological polar surface area (TPSA) is 49.6 Å². The molecule has 1 aliphatic rings. The Balaban J connectivity index is 2.14. The maximum absolute atomic E-state index is 11.4. The molecule has 0 unspecified atom stereocenters. The molecule has 1 aromatic rings. The van der Waals surface area contributed by atoms with Crippen molar-refractivity contribution >= 4 is 40.4 Å². The maximum atomic E-state index is 11.4. The van der Waals surface area contributed by atoms with Crippen LogP contribution in [-0.2, 0) is 4.79 Å². The second-order valence-electron chi connectivity index (χ2n) is 4.88. The smallest absolute Gasteiger partial charge is 0.219 e. The van der Waals surface area contributed by atoms with Crippen LogP contribution in [0, 0.1) is 0 Å². The van der Waals surface area contributed by atoms with Gasteiger partial charge in [0.2, 0.25) is 5.91 Å². The number of amides is 1. The van der Waals surface area contributed by atoms with E-state index in [-0.39, 0.29) is 5.91 Å². The van der Waals surface area contributed by atoms with E-state index >= 15 is 0 Å². The van der Waals surface area contributed by atoms with Crippen LogP contribution in [-0.4, -0.2) is 42.0 Å². The number of carbonyl (C=O) groups excluding carboxylic acids is 1. The molecule has 0 radical (unpaired) electrons. The van der Waals surface area contributed by atoms with Crippen LogP contribution in [0.2, 0.25) is 5.02 Å². The molecule has 0 aromatic heterocycles. The highest BCUT2D eigenvalue weighted by Gasteiger charge is 2.17. The van der Waals surface area contributed by atoms with Crippen molar-refractivity contribution in [1.82, 2.24) is 4.90 Å². The van der Waals surface area contributed by atoms with Crippen molar-refractivity contribution in [3.05, 3.63) is 28.8 Å². The molecule has 0 spiro atoms. The van der Waals surface area contributed by atoms with Crippen LogP contribution < -0.4 is 10.6 Å². The van der Waals surface area contributed by atoms with E-state index in [1.807, 2.05) is 23.1 Å². The van der Waals surface area contributed by atoms with Gasteiger partial charge in [0.25, 0.3) is 0 Å². The summed E-state index contributed by atoms with van der Waals surface area (Å²) < 4.78 is 0. The predicted molar refractivity (Wildman–Crippen MR) is 86.4 cm³/mol. The molecule has 2 N–H and O–H groups in total. The summed E-state index contributed by atoms with van der Waals surface area (Å²) in [5, 5.41) is 0.572. The van der Waals surface area contributed by atoms with Crippen molar-refractivity contribution in [1.29, 1.82) is 0 Å². The van der Waals surface area contributed by atoms with Gasteiger partial charge >= 0.3 is 0 Å². The fraction of sp³-hybridized carbons (Fsp3) is 0.429. The van der Waals surface area contributed by atoms with Gasteiger partial charge in [-0.25, -0.2) is 0 Å². The van der Waals surface area contributed by atoms with Crippen LogP contribution in [0.25, 0.3) is 0 Å². The van der Waals surface area contributed by atoms with E-state index in [0.29, 0.717) is 15.6 Å². The first kappa shape index (κ1) is 15.1. The van der Waals surface area contributed by atoms with Crippen molar-refractivity contribution < 1.29 is 4.79 Å². The van der Waals surface area contributed by atoms with E-state index in [4.69, 9.17) is 29.6 Å². The van der Waals surface area contributed by atoms with Crippen molar-refractivity contribution in [2.75, 3.05) is 31.1 Å². The predicted octanol–water partition coefficient (Wildman–Crippen LogP) is 2.03. The highest BCUT2D eigenvalue weighted by atomic mass is 35.5. The molecule has 0 saturated carbocycles. The Bertz CT molecular complexity index is 535. The Hall–Kier alpha value is -1.33. The highest BCUT2D eigenvalue weighted by molar-refractivity contribution is 7.80. The number of hydrogen-bond donors (Lipinski definition) is 1. The maximum Gasteiger partial charge on any atom is 0.219 e. The van der Waals surface area contributed by atoms with Crippen LogP contribution in [0.5, 0.6) is 0 Å². The Kier molecular flexibility index (Phi) is 4.83. The fourth-order valence-corrected chi connectivity index (χ4v) is 2.90. The Labute approximate surface area is 129 Å². The van der Waals surface area contributed by atoms with Gasteiger partial charge in [-0.2, -0.15) is 0 Å². The summed E-state index contributed by atoms with van der Waals surface area (Å²) in [7, 11) is 0. The summed E-state index contributed by atoms with van der Waals surface area (Å²) in [6.07, 6.45) is 0.953. The van der Waals surface area contributed by atoms with E-state index in [1.54, 1.807) is 6.92 Å². The molecular weight excluding hydrogens is 294 g/mol. The molecule has 0 bridgehead atoms. The molecule has 1 fully saturated rings. The summed E-state index contributed by atoms with van der Waals surface area (Å²) in [6.45, 7) is 4.88. The number of anilines is 1. The number of nitrogens with zero attached hydrogens (tertiary/aromatic N) is 2. The van der Waals surface area contributed by atoms with Crippen LogP contribution in [0.1, 0.15) is 18.9 Å². The van der Waals surface area contributed by atoms with E-state index in [0.717, 1.165) is 38.3 Å². The molecule has 1 amide bonds. The number of carbonyl (C=O) groups is 1. The lowest BCUT2D eigenvalue weighted by molar-refractivity contribution is -0.128. The minimum absolute atomic E-state index is 0.133. The first-order valence-electron chi connectivity index (χ1n) is 6.59. The van der Waals surface area contributed by atoms with Gasteiger partial charge in [0.1, 0.15) is 4.99 Å². The molecule has 4 nitrogen and oxygen atoms in total. The van der Waals surface area contributed by atoms with Crippen molar-refractivity contribution in [2.45, 2.75) is 13.3 Å². The molecular formula is C14H18ClN3OS. The van der Waals surface area contributed by atoms with E-state index in [2.05, 4.69) is 4.90 Å². The van der Waals surface area contributed by atoms with Crippen LogP contribution in [0.3, 0.4) is 0 Å². The monoisotopic (exact) mass is 311 g/mol. The third-order valence-electron chi connectivity index (χ3n) is 3.52. The normalized spacial score (nSPS) is 15.9. The molecule has 1 heterocycles. The Morgan fingerprint density at radius 3 is 2.65 bits per heavy atom. The third-order valence-corrected chi connectivity index (χ3v) is 4.06. The van der Waals surface area contributed by atoms with Gasteiger partial charge in [-0.3, -0.25) is 4.79 Å². The first-order valence-corrected chi connectivity index (χ1v) is 7.37. The average Bonchev–Trinajstić information content (AvgIpc) is 2.63.